The van der Waals surface area contributed by atoms with Crippen molar-refractivity contribution in [3.8, 4) is 0 Å². The molecule has 0 nitrogen and oxygen atoms in total. The second-order valence-corrected chi connectivity index (χ2v) is 8.16. The molecule has 0 aliphatic heterocycles. The van der Waals surface area contributed by atoms with Gasteiger partial charge in [0.05, 0.1) is 4.83 Å². The molecule has 16 heavy (non-hydrogen) atoms. The molecule has 1 saturated carbocycles. The summed E-state index contributed by atoms with van der Waals surface area (Å²) < 4.78 is 1.26. The normalized spacial score (nSPS) is 26.6. The van der Waals surface area contributed by atoms with Crippen LogP contribution in [-0.2, 0) is 0 Å². The molecule has 0 bridgehead atoms. The Morgan fingerprint density at radius 2 is 2.19 bits per heavy atom. The van der Waals surface area contributed by atoms with Crippen LogP contribution in [0.4, 0.5) is 0 Å². The van der Waals surface area contributed by atoms with Crippen LogP contribution in [0.25, 0.3) is 0 Å². The fraction of sp³-hybridized carbons (Fsp3) is 0.692. The quantitative estimate of drug-likeness (QED) is 0.550. The summed E-state index contributed by atoms with van der Waals surface area (Å²) in [7, 11) is 0. The van der Waals surface area contributed by atoms with Crippen LogP contribution in [0, 0.1) is 11.3 Å². The zero-order valence-corrected chi connectivity index (χ0v) is 13.8. The highest BCUT2D eigenvalue weighted by molar-refractivity contribution is 9.11. The molecule has 2 unspecified atom stereocenters. The Labute approximate surface area is 119 Å². The molecule has 0 spiro atoms. The maximum absolute atomic E-state index is 3.93. The van der Waals surface area contributed by atoms with E-state index in [4.69, 9.17) is 0 Å². The molecule has 2 atom stereocenters. The Kier molecular flexibility index (Phi) is 4.19. The molecule has 1 aliphatic carbocycles. The lowest BCUT2D eigenvalue weighted by atomic mass is 9.67. The van der Waals surface area contributed by atoms with Gasteiger partial charge in [0, 0.05) is 9.35 Å². The van der Waals surface area contributed by atoms with Crippen LogP contribution in [0.1, 0.15) is 49.2 Å². The monoisotopic (exact) mass is 364 g/mol. The SMILES string of the molecule is CC1(C)CCCCC1C(Br)c1sccc1Br. The van der Waals surface area contributed by atoms with Gasteiger partial charge in [-0.2, -0.15) is 0 Å². The van der Waals surface area contributed by atoms with Crippen molar-refractivity contribution in [1.82, 2.24) is 0 Å². The summed E-state index contributed by atoms with van der Waals surface area (Å²) in [6, 6.07) is 2.16. The zero-order valence-electron chi connectivity index (χ0n) is 9.80. The molecule has 0 radical (unpaired) electrons. The van der Waals surface area contributed by atoms with E-state index in [1.54, 1.807) is 0 Å². The van der Waals surface area contributed by atoms with Gasteiger partial charge in [0.2, 0.25) is 0 Å². The van der Waals surface area contributed by atoms with E-state index in [0.717, 1.165) is 5.92 Å². The van der Waals surface area contributed by atoms with Crippen molar-refractivity contribution in [2.45, 2.75) is 44.4 Å². The fourth-order valence-electron chi connectivity index (χ4n) is 2.75. The standard InChI is InChI=1S/C13H18Br2S/c1-13(2)7-4-3-5-9(13)11(15)12-10(14)6-8-16-12/h6,8-9,11H,3-5,7H2,1-2H3. The average molecular weight is 366 g/mol. The molecule has 3 heteroatoms. The van der Waals surface area contributed by atoms with Crippen LogP contribution in [0.5, 0.6) is 0 Å². The maximum Gasteiger partial charge on any atom is 0.0533 e. The van der Waals surface area contributed by atoms with E-state index in [2.05, 4.69) is 57.2 Å². The number of rotatable bonds is 2. The van der Waals surface area contributed by atoms with Gasteiger partial charge in [-0.25, -0.2) is 0 Å². The number of alkyl halides is 1. The van der Waals surface area contributed by atoms with E-state index in [9.17, 15) is 0 Å². The molecule has 1 aliphatic rings. The lowest BCUT2D eigenvalue weighted by molar-refractivity contribution is 0.137. The van der Waals surface area contributed by atoms with Crippen molar-refractivity contribution in [2.75, 3.05) is 0 Å². The van der Waals surface area contributed by atoms with Crippen molar-refractivity contribution in [2.24, 2.45) is 11.3 Å². The van der Waals surface area contributed by atoms with E-state index >= 15 is 0 Å². The summed E-state index contributed by atoms with van der Waals surface area (Å²) in [5, 5.41) is 2.17. The van der Waals surface area contributed by atoms with Crippen LogP contribution in [0.15, 0.2) is 15.9 Å². The maximum atomic E-state index is 3.93. The Morgan fingerprint density at radius 1 is 1.44 bits per heavy atom. The van der Waals surface area contributed by atoms with Gasteiger partial charge in [-0.1, -0.05) is 42.6 Å². The van der Waals surface area contributed by atoms with Crippen molar-refractivity contribution < 1.29 is 0 Å². The van der Waals surface area contributed by atoms with E-state index in [1.165, 1.54) is 35.0 Å². The van der Waals surface area contributed by atoms with Gasteiger partial charge in [0.15, 0.2) is 0 Å². The fourth-order valence-corrected chi connectivity index (χ4v) is 6.27. The highest BCUT2D eigenvalue weighted by Crippen LogP contribution is 2.52. The molecule has 1 heterocycles. The van der Waals surface area contributed by atoms with Gasteiger partial charge in [0.1, 0.15) is 0 Å². The minimum Gasteiger partial charge on any atom is -0.147 e. The van der Waals surface area contributed by atoms with E-state index in [1.807, 2.05) is 11.3 Å². The van der Waals surface area contributed by atoms with Crippen molar-refractivity contribution >= 4 is 43.2 Å². The van der Waals surface area contributed by atoms with Gasteiger partial charge in [-0.3, -0.25) is 0 Å². The predicted octanol–water partition coefficient (Wildman–Crippen LogP) is 6.16. The third-order valence-corrected chi connectivity index (χ3v) is 7.19. The highest BCUT2D eigenvalue weighted by Gasteiger charge is 2.37. The summed E-state index contributed by atoms with van der Waals surface area (Å²) >= 11 is 9.44. The minimum absolute atomic E-state index is 0.468. The van der Waals surface area contributed by atoms with Crippen LogP contribution >= 0.6 is 43.2 Å². The first-order valence-corrected chi connectivity index (χ1v) is 8.48. The van der Waals surface area contributed by atoms with Crippen LogP contribution in [-0.4, -0.2) is 0 Å². The van der Waals surface area contributed by atoms with E-state index < -0.39 is 0 Å². The van der Waals surface area contributed by atoms with Gasteiger partial charge >= 0.3 is 0 Å². The van der Waals surface area contributed by atoms with Crippen molar-refractivity contribution in [3.05, 3.63) is 20.8 Å². The van der Waals surface area contributed by atoms with Crippen molar-refractivity contribution in [1.29, 1.82) is 0 Å². The third kappa shape index (κ3) is 2.56. The number of hydrogen-bond acceptors (Lipinski definition) is 1. The molecule has 1 fully saturated rings. The van der Waals surface area contributed by atoms with Crippen LogP contribution < -0.4 is 0 Å². The zero-order chi connectivity index (χ0) is 11.8. The average Bonchev–Trinajstić information content (AvgIpc) is 2.63. The molecule has 2 rings (SSSR count). The predicted molar refractivity (Wildman–Crippen MR) is 79.4 cm³/mol. The molecule has 1 aromatic rings. The Bertz CT molecular complexity index is 357. The van der Waals surface area contributed by atoms with E-state index in [-0.39, 0.29) is 0 Å². The minimum atomic E-state index is 0.468. The Balaban J connectivity index is 2.20. The molecule has 0 saturated heterocycles. The molecular weight excluding hydrogens is 348 g/mol. The first kappa shape index (κ1) is 13.1. The summed E-state index contributed by atoms with van der Waals surface area (Å²) in [5.41, 5.74) is 0.468. The molecule has 0 amide bonds. The molecule has 1 aromatic heterocycles. The smallest absolute Gasteiger partial charge is 0.0533 e. The van der Waals surface area contributed by atoms with Crippen LogP contribution in [0.2, 0.25) is 0 Å². The second-order valence-electron chi connectivity index (χ2n) is 5.38. The lowest BCUT2D eigenvalue weighted by Crippen LogP contribution is -2.30. The summed E-state index contributed by atoms with van der Waals surface area (Å²) in [6.45, 7) is 4.85. The number of hydrogen-bond donors (Lipinski definition) is 0. The first-order valence-electron chi connectivity index (χ1n) is 5.89. The second kappa shape index (κ2) is 5.11. The van der Waals surface area contributed by atoms with Gasteiger partial charge in [-0.15, -0.1) is 11.3 Å². The molecule has 90 valence electrons. The molecule has 0 N–H and O–H groups in total. The van der Waals surface area contributed by atoms with Gasteiger partial charge in [0.25, 0.3) is 0 Å². The molecular formula is C13H18Br2S. The van der Waals surface area contributed by atoms with Gasteiger partial charge in [-0.05, 0) is 51.6 Å². The highest BCUT2D eigenvalue weighted by atomic mass is 79.9. The Hall–Kier alpha value is 0.660. The first-order chi connectivity index (χ1) is 7.52. The number of halogens is 2. The molecule has 0 aromatic carbocycles. The summed E-state index contributed by atoms with van der Waals surface area (Å²) in [5.74, 6) is 0.760. The summed E-state index contributed by atoms with van der Waals surface area (Å²) in [6.07, 6.45) is 5.50. The van der Waals surface area contributed by atoms with E-state index in [0.29, 0.717) is 10.2 Å². The summed E-state index contributed by atoms with van der Waals surface area (Å²) in [4.78, 5) is 1.97. The van der Waals surface area contributed by atoms with Crippen molar-refractivity contribution in [3.63, 3.8) is 0 Å². The third-order valence-electron chi connectivity index (χ3n) is 3.84. The van der Waals surface area contributed by atoms with Crippen LogP contribution in [0.3, 0.4) is 0 Å². The number of thiophene rings is 1. The van der Waals surface area contributed by atoms with Gasteiger partial charge < -0.3 is 0 Å². The largest absolute Gasteiger partial charge is 0.147 e. The lowest BCUT2D eigenvalue weighted by Gasteiger charge is -2.41. The Morgan fingerprint density at radius 3 is 2.75 bits per heavy atom. The topological polar surface area (TPSA) is 0 Å².